The molecule has 1 amide bonds. The largest absolute Gasteiger partial charge is 0.451 e. The molecule has 0 bridgehead atoms. The van der Waals surface area contributed by atoms with E-state index in [1.807, 2.05) is 32.0 Å². The van der Waals surface area contributed by atoms with Crippen molar-refractivity contribution in [1.82, 2.24) is 9.59 Å². The molecule has 0 aliphatic rings. The predicted molar refractivity (Wildman–Crippen MR) is 79.4 cm³/mol. The summed E-state index contributed by atoms with van der Waals surface area (Å²) in [6.45, 7) is 3.42. The van der Waals surface area contributed by atoms with E-state index in [4.69, 9.17) is 4.74 Å². The number of rotatable bonds is 5. The molecule has 2 rings (SSSR count). The van der Waals surface area contributed by atoms with Crippen molar-refractivity contribution >= 4 is 29.1 Å². The van der Waals surface area contributed by atoms with Crippen molar-refractivity contribution in [2.45, 2.75) is 20.3 Å². The highest BCUT2D eigenvalue weighted by Crippen LogP contribution is 2.14. The summed E-state index contributed by atoms with van der Waals surface area (Å²) in [6, 6.07) is 7.38. The zero-order valence-electron chi connectivity index (χ0n) is 11.8. The Balaban J connectivity index is 1.90. The van der Waals surface area contributed by atoms with Crippen LogP contribution in [0.2, 0.25) is 0 Å². The molecule has 0 saturated carbocycles. The zero-order valence-corrected chi connectivity index (χ0v) is 12.6. The lowest BCUT2D eigenvalue weighted by molar-refractivity contribution is -0.119. The Morgan fingerprint density at radius 1 is 1.33 bits per heavy atom. The molecule has 0 atom stereocenters. The van der Waals surface area contributed by atoms with Gasteiger partial charge in [-0.05, 0) is 36.5 Å². The Hall–Kier alpha value is -2.28. The topological polar surface area (TPSA) is 81.2 Å². The molecule has 0 radical (unpaired) electrons. The minimum atomic E-state index is -0.568. The van der Waals surface area contributed by atoms with Crippen LogP contribution < -0.4 is 5.32 Å². The lowest BCUT2D eigenvalue weighted by atomic mass is 10.2. The van der Waals surface area contributed by atoms with E-state index >= 15 is 0 Å². The number of nitrogens with zero attached hydrogens (tertiary/aromatic N) is 2. The molecule has 0 aliphatic carbocycles. The fraction of sp³-hybridized carbons (Fsp3) is 0.286. The Bertz CT molecular complexity index is 654. The van der Waals surface area contributed by atoms with E-state index in [1.165, 1.54) is 0 Å². The summed E-state index contributed by atoms with van der Waals surface area (Å²) in [5, 5.41) is 6.52. The van der Waals surface area contributed by atoms with E-state index in [-0.39, 0.29) is 12.5 Å². The van der Waals surface area contributed by atoms with Gasteiger partial charge in [0.1, 0.15) is 0 Å². The number of amides is 1. The van der Waals surface area contributed by atoms with Gasteiger partial charge < -0.3 is 10.1 Å². The van der Waals surface area contributed by atoms with Crippen LogP contribution in [0.3, 0.4) is 0 Å². The third-order valence-electron chi connectivity index (χ3n) is 2.83. The second-order valence-corrected chi connectivity index (χ2v) is 5.10. The highest BCUT2D eigenvalue weighted by atomic mass is 32.1. The molecular weight excluding hydrogens is 290 g/mol. The number of ether oxygens (including phenoxy) is 1. The fourth-order valence-corrected chi connectivity index (χ4v) is 2.34. The van der Waals surface area contributed by atoms with Gasteiger partial charge in [-0.25, -0.2) is 4.79 Å². The number of hydrogen-bond donors (Lipinski definition) is 1. The van der Waals surface area contributed by atoms with Gasteiger partial charge in [0.15, 0.2) is 11.5 Å². The number of aromatic nitrogens is 2. The van der Waals surface area contributed by atoms with Crippen LogP contribution in [0, 0.1) is 6.92 Å². The first-order valence-corrected chi connectivity index (χ1v) is 7.23. The number of nitrogens with one attached hydrogen (secondary N) is 1. The van der Waals surface area contributed by atoms with Crippen molar-refractivity contribution in [3.05, 3.63) is 40.4 Å². The number of benzene rings is 1. The van der Waals surface area contributed by atoms with Gasteiger partial charge in [0, 0.05) is 5.69 Å². The number of hydrogen-bond acceptors (Lipinski definition) is 6. The lowest BCUT2D eigenvalue weighted by Gasteiger charge is -2.08. The first-order valence-electron chi connectivity index (χ1n) is 6.45. The normalized spacial score (nSPS) is 10.2. The molecule has 21 heavy (non-hydrogen) atoms. The van der Waals surface area contributed by atoms with Crippen LogP contribution >= 0.6 is 11.5 Å². The maximum absolute atomic E-state index is 11.8. The van der Waals surface area contributed by atoms with Crippen LogP contribution in [0.1, 0.15) is 27.9 Å². The summed E-state index contributed by atoms with van der Waals surface area (Å²) in [7, 11) is 0. The van der Waals surface area contributed by atoms with Crippen molar-refractivity contribution < 1.29 is 14.3 Å². The van der Waals surface area contributed by atoms with E-state index in [0.29, 0.717) is 22.7 Å². The minimum Gasteiger partial charge on any atom is -0.451 e. The summed E-state index contributed by atoms with van der Waals surface area (Å²) < 4.78 is 8.69. The van der Waals surface area contributed by atoms with Crippen molar-refractivity contribution in [1.29, 1.82) is 0 Å². The second kappa shape index (κ2) is 6.94. The minimum absolute atomic E-state index is 0.339. The van der Waals surface area contributed by atoms with E-state index in [2.05, 4.69) is 14.9 Å². The average molecular weight is 305 g/mol. The summed E-state index contributed by atoms with van der Waals surface area (Å²) in [5.41, 5.74) is 2.23. The third-order valence-corrected chi connectivity index (χ3v) is 3.58. The Labute approximate surface area is 126 Å². The number of anilines is 1. The predicted octanol–water partition coefficient (Wildman–Crippen LogP) is 2.20. The molecule has 1 N–H and O–H groups in total. The Kier molecular flexibility index (Phi) is 4.99. The van der Waals surface area contributed by atoms with Gasteiger partial charge in [0.05, 0.1) is 5.69 Å². The number of carbonyl (C=O) groups is 2. The number of para-hydroxylation sites is 1. The lowest BCUT2D eigenvalue weighted by Crippen LogP contribution is -2.21. The summed E-state index contributed by atoms with van der Waals surface area (Å²) in [6.07, 6.45) is 0.594. The smallest absolute Gasteiger partial charge is 0.352 e. The van der Waals surface area contributed by atoms with Crippen LogP contribution in [0.15, 0.2) is 24.3 Å². The molecule has 0 saturated heterocycles. The maximum atomic E-state index is 11.8. The van der Waals surface area contributed by atoms with Gasteiger partial charge in [-0.15, -0.1) is 5.10 Å². The summed E-state index contributed by atoms with van der Waals surface area (Å²) in [5.74, 6) is -0.949. The maximum Gasteiger partial charge on any atom is 0.352 e. The van der Waals surface area contributed by atoms with Crippen LogP contribution in [0.4, 0.5) is 5.69 Å². The Morgan fingerprint density at radius 2 is 2.10 bits per heavy atom. The van der Waals surface area contributed by atoms with Crippen molar-refractivity contribution in [2.75, 3.05) is 11.9 Å². The molecule has 1 aromatic heterocycles. The molecule has 0 fully saturated rings. The zero-order chi connectivity index (χ0) is 15.2. The van der Waals surface area contributed by atoms with Crippen LogP contribution in [0.5, 0.6) is 0 Å². The summed E-state index contributed by atoms with van der Waals surface area (Å²) >= 11 is 0.973. The molecule has 2 aromatic rings. The van der Waals surface area contributed by atoms with Gasteiger partial charge in [0.2, 0.25) is 0 Å². The standard InChI is InChI=1S/C14H15N3O3S/c1-3-10-13(21-17-16-10)14(19)20-8-12(18)15-11-7-5-4-6-9(11)2/h4-7H,3,8H2,1-2H3,(H,15,18). The monoisotopic (exact) mass is 305 g/mol. The second-order valence-electron chi connectivity index (χ2n) is 4.34. The quantitative estimate of drug-likeness (QED) is 0.856. The van der Waals surface area contributed by atoms with Crippen molar-refractivity contribution in [3.63, 3.8) is 0 Å². The van der Waals surface area contributed by atoms with Crippen molar-refractivity contribution in [2.24, 2.45) is 0 Å². The number of carbonyl (C=O) groups excluding carboxylic acids is 2. The van der Waals surface area contributed by atoms with Crippen LogP contribution in [-0.4, -0.2) is 28.1 Å². The SMILES string of the molecule is CCc1nnsc1C(=O)OCC(=O)Nc1ccccc1C. The van der Waals surface area contributed by atoms with Gasteiger partial charge in [-0.2, -0.15) is 0 Å². The van der Waals surface area contributed by atoms with E-state index in [1.54, 1.807) is 6.07 Å². The highest BCUT2D eigenvalue weighted by Gasteiger charge is 2.17. The molecule has 1 heterocycles. The number of esters is 1. The molecule has 0 unspecified atom stereocenters. The van der Waals surface area contributed by atoms with Gasteiger partial charge in [-0.3, -0.25) is 4.79 Å². The first-order chi connectivity index (χ1) is 10.1. The van der Waals surface area contributed by atoms with E-state index < -0.39 is 5.97 Å². The van der Waals surface area contributed by atoms with Crippen molar-refractivity contribution in [3.8, 4) is 0 Å². The van der Waals surface area contributed by atoms with Crippen LogP contribution in [0.25, 0.3) is 0 Å². The third kappa shape index (κ3) is 3.85. The van der Waals surface area contributed by atoms with Gasteiger partial charge in [-0.1, -0.05) is 29.6 Å². The molecule has 0 spiro atoms. The van der Waals surface area contributed by atoms with Crippen LogP contribution in [-0.2, 0) is 16.0 Å². The van der Waals surface area contributed by atoms with Gasteiger partial charge >= 0.3 is 5.97 Å². The number of aryl methyl sites for hydroxylation is 2. The molecule has 6 nitrogen and oxygen atoms in total. The summed E-state index contributed by atoms with van der Waals surface area (Å²) in [4.78, 5) is 24.0. The average Bonchev–Trinajstić information content (AvgIpc) is 2.96. The highest BCUT2D eigenvalue weighted by molar-refractivity contribution is 7.07. The Morgan fingerprint density at radius 3 is 2.81 bits per heavy atom. The van der Waals surface area contributed by atoms with E-state index in [9.17, 15) is 9.59 Å². The molecule has 110 valence electrons. The van der Waals surface area contributed by atoms with E-state index in [0.717, 1.165) is 17.1 Å². The molecule has 7 heteroatoms. The molecule has 1 aromatic carbocycles. The molecular formula is C14H15N3O3S. The molecule has 0 aliphatic heterocycles. The van der Waals surface area contributed by atoms with Gasteiger partial charge in [0.25, 0.3) is 5.91 Å². The first kappa shape index (κ1) is 15.1. The fourth-order valence-electron chi connectivity index (χ4n) is 1.69.